The van der Waals surface area contributed by atoms with Gasteiger partial charge in [-0.1, -0.05) is 18.2 Å². The van der Waals surface area contributed by atoms with E-state index in [4.69, 9.17) is 10.00 Å². The largest absolute Gasteiger partial charge is 0.451 e. The fourth-order valence-electron chi connectivity index (χ4n) is 1.75. The average molecular weight is 313 g/mol. The van der Waals surface area contributed by atoms with E-state index in [1.54, 1.807) is 19.1 Å². The number of rotatable bonds is 6. The summed E-state index contributed by atoms with van der Waals surface area (Å²) in [6.07, 6.45) is 0.199. The number of nitrogens with one attached hydrogen (secondary N) is 1. The Morgan fingerprint density at radius 2 is 2.04 bits per heavy atom. The van der Waals surface area contributed by atoms with E-state index in [2.05, 4.69) is 15.5 Å². The van der Waals surface area contributed by atoms with Crippen LogP contribution in [0.4, 0.5) is 0 Å². The minimum Gasteiger partial charge on any atom is -0.451 e. The summed E-state index contributed by atoms with van der Waals surface area (Å²) in [4.78, 5) is 24.7. The number of nitriles is 1. The summed E-state index contributed by atoms with van der Waals surface area (Å²) < 4.78 is 4.90. The molecule has 0 fully saturated rings. The van der Waals surface area contributed by atoms with Crippen LogP contribution in [-0.4, -0.2) is 40.0 Å². The van der Waals surface area contributed by atoms with E-state index in [9.17, 15) is 9.59 Å². The lowest BCUT2D eigenvalue weighted by atomic mass is 10.3. The van der Waals surface area contributed by atoms with Crippen LogP contribution in [0.3, 0.4) is 0 Å². The summed E-state index contributed by atoms with van der Waals surface area (Å²) in [5.41, 5.74) is 1.17. The summed E-state index contributed by atoms with van der Waals surface area (Å²) in [6, 6.07) is 11.0. The van der Waals surface area contributed by atoms with Gasteiger partial charge in [0.15, 0.2) is 12.3 Å². The highest BCUT2D eigenvalue weighted by Gasteiger charge is 2.18. The van der Waals surface area contributed by atoms with Crippen molar-refractivity contribution in [2.24, 2.45) is 0 Å². The molecule has 0 spiro atoms. The van der Waals surface area contributed by atoms with E-state index in [0.29, 0.717) is 11.4 Å². The first-order valence-corrected chi connectivity index (χ1v) is 6.92. The van der Waals surface area contributed by atoms with Gasteiger partial charge in [0.05, 0.1) is 23.9 Å². The molecular formula is C15H15N5O3. The quantitative estimate of drug-likeness (QED) is 0.623. The molecule has 0 unspecified atom stereocenters. The number of nitrogens with zero attached hydrogens (tertiary/aromatic N) is 4. The van der Waals surface area contributed by atoms with Gasteiger partial charge in [0, 0.05) is 6.54 Å². The molecule has 1 N–H and O–H groups in total. The van der Waals surface area contributed by atoms with E-state index < -0.39 is 18.5 Å². The van der Waals surface area contributed by atoms with Crippen LogP contribution in [0, 0.1) is 18.3 Å². The van der Waals surface area contributed by atoms with E-state index in [1.807, 2.05) is 24.3 Å². The van der Waals surface area contributed by atoms with Gasteiger partial charge < -0.3 is 10.1 Å². The molecule has 8 heteroatoms. The third kappa shape index (κ3) is 4.38. The maximum absolute atomic E-state index is 12.0. The van der Waals surface area contributed by atoms with Gasteiger partial charge in [0.2, 0.25) is 0 Å². The second-order valence-electron chi connectivity index (χ2n) is 4.59. The average Bonchev–Trinajstić information content (AvgIpc) is 2.96. The van der Waals surface area contributed by atoms with Crippen LogP contribution < -0.4 is 5.32 Å². The van der Waals surface area contributed by atoms with Crippen molar-refractivity contribution >= 4 is 11.9 Å². The van der Waals surface area contributed by atoms with Crippen molar-refractivity contribution in [3.63, 3.8) is 0 Å². The molecule has 1 aromatic carbocycles. The third-order valence-electron chi connectivity index (χ3n) is 2.86. The molecule has 0 aliphatic rings. The smallest absolute Gasteiger partial charge is 0.361 e. The van der Waals surface area contributed by atoms with Crippen molar-refractivity contribution in [3.05, 3.63) is 41.7 Å². The van der Waals surface area contributed by atoms with Gasteiger partial charge in [-0.15, -0.1) is 5.10 Å². The fourth-order valence-corrected chi connectivity index (χ4v) is 1.75. The number of ether oxygens (including phenoxy) is 1. The number of esters is 1. The molecule has 1 heterocycles. The number of amides is 1. The molecule has 23 heavy (non-hydrogen) atoms. The van der Waals surface area contributed by atoms with Crippen molar-refractivity contribution in [1.82, 2.24) is 20.3 Å². The van der Waals surface area contributed by atoms with Gasteiger partial charge in [-0.05, 0) is 19.1 Å². The first-order chi connectivity index (χ1) is 11.1. The predicted molar refractivity (Wildman–Crippen MR) is 79.6 cm³/mol. The summed E-state index contributed by atoms with van der Waals surface area (Å²) in [7, 11) is 0. The maximum atomic E-state index is 12.0. The molecule has 0 aliphatic carbocycles. The molecule has 0 bridgehead atoms. The highest BCUT2D eigenvalue weighted by atomic mass is 16.5. The van der Waals surface area contributed by atoms with Gasteiger partial charge in [0.1, 0.15) is 0 Å². The number of aromatic nitrogens is 3. The van der Waals surface area contributed by atoms with Crippen molar-refractivity contribution in [3.8, 4) is 11.8 Å². The van der Waals surface area contributed by atoms with Crippen LogP contribution in [0.1, 0.15) is 22.6 Å². The van der Waals surface area contributed by atoms with Crippen LogP contribution in [-0.2, 0) is 9.53 Å². The van der Waals surface area contributed by atoms with Crippen LogP contribution in [0.5, 0.6) is 0 Å². The number of benzene rings is 1. The van der Waals surface area contributed by atoms with Gasteiger partial charge in [-0.2, -0.15) is 15.2 Å². The van der Waals surface area contributed by atoms with Crippen molar-refractivity contribution in [1.29, 1.82) is 5.26 Å². The number of carbonyl (C=O) groups is 2. The molecule has 118 valence electrons. The first-order valence-electron chi connectivity index (χ1n) is 6.92. The van der Waals surface area contributed by atoms with E-state index in [0.717, 1.165) is 0 Å². The molecule has 8 nitrogen and oxygen atoms in total. The molecule has 1 amide bonds. The Hall–Kier alpha value is -3.21. The van der Waals surface area contributed by atoms with Crippen molar-refractivity contribution < 1.29 is 14.3 Å². The molecule has 0 aliphatic heterocycles. The zero-order valence-corrected chi connectivity index (χ0v) is 12.5. The summed E-state index contributed by atoms with van der Waals surface area (Å²) >= 11 is 0. The highest BCUT2D eigenvalue weighted by molar-refractivity contribution is 5.90. The molecule has 1 aromatic heterocycles. The SMILES string of the molecule is Cc1nn(-c2ccccc2)nc1C(=O)OCC(=O)NCCC#N. The molecule has 2 aromatic rings. The normalized spacial score (nSPS) is 9.91. The van der Waals surface area contributed by atoms with Crippen LogP contribution in [0.15, 0.2) is 30.3 Å². The highest BCUT2D eigenvalue weighted by Crippen LogP contribution is 2.09. The fraction of sp³-hybridized carbons (Fsp3) is 0.267. The Morgan fingerprint density at radius 1 is 1.30 bits per heavy atom. The Balaban J connectivity index is 1.97. The summed E-state index contributed by atoms with van der Waals surface area (Å²) in [6.45, 7) is 1.42. The number of hydrogen-bond donors (Lipinski definition) is 1. The standard InChI is InChI=1S/C15H15N5O3/c1-11-14(15(22)23-10-13(21)17-9-5-8-16)19-20(18-11)12-6-3-2-4-7-12/h2-4,6-7H,5,9-10H2,1H3,(H,17,21). The minimum absolute atomic E-state index is 0.0543. The monoisotopic (exact) mass is 313 g/mol. The molecular weight excluding hydrogens is 298 g/mol. The molecule has 0 saturated heterocycles. The third-order valence-corrected chi connectivity index (χ3v) is 2.86. The van der Waals surface area contributed by atoms with Gasteiger partial charge in [0.25, 0.3) is 5.91 Å². The minimum atomic E-state index is -0.722. The number of aryl methyl sites for hydroxylation is 1. The van der Waals surface area contributed by atoms with Crippen LogP contribution in [0.2, 0.25) is 0 Å². The lowest BCUT2D eigenvalue weighted by Crippen LogP contribution is -2.29. The van der Waals surface area contributed by atoms with Gasteiger partial charge in [-0.25, -0.2) is 4.79 Å². The Kier molecular flexibility index (Phi) is 5.41. The van der Waals surface area contributed by atoms with Crippen molar-refractivity contribution in [2.45, 2.75) is 13.3 Å². The molecule has 0 saturated carbocycles. The first kappa shape index (κ1) is 16.2. The number of para-hydroxylation sites is 1. The molecule has 0 atom stereocenters. The van der Waals surface area contributed by atoms with Gasteiger partial charge in [-0.3, -0.25) is 4.79 Å². The summed E-state index contributed by atoms with van der Waals surface area (Å²) in [5, 5.41) is 19.1. The molecule has 0 radical (unpaired) electrons. The summed E-state index contributed by atoms with van der Waals surface area (Å²) in [5.74, 6) is -1.19. The maximum Gasteiger partial charge on any atom is 0.361 e. The second kappa shape index (κ2) is 7.70. The van der Waals surface area contributed by atoms with E-state index in [1.165, 1.54) is 4.80 Å². The Labute approximate surface area is 132 Å². The van der Waals surface area contributed by atoms with Gasteiger partial charge >= 0.3 is 5.97 Å². The lowest BCUT2D eigenvalue weighted by Gasteiger charge is -2.03. The second-order valence-corrected chi connectivity index (χ2v) is 4.59. The van der Waals surface area contributed by atoms with Crippen LogP contribution >= 0.6 is 0 Å². The lowest BCUT2D eigenvalue weighted by molar-refractivity contribution is -0.124. The number of carbonyl (C=O) groups excluding carboxylic acids is 2. The molecule has 2 rings (SSSR count). The Morgan fingerprint density at radius 3 is 2.74 bits per heavy atom. The number of hydrogen-bond acceptors (Lipinski definition) is 6. The van der Waals surface area contributed by atoms with E-state index >= 15 is 0 Å². The Bertz CT molecular complexity index is 733. The van der Waals surface area contributed by atoms with E-state index in [-0.39, 0.29) is 18.7 Å². The predicted octanol–water partition coefficient (Wildman–Crippen LogP) is 0.762. The zero-order chi connectivity index (χ0) is 16.7. The van der Waals surface area contributed by atoms with Crippen LogP contribution in [0.25, 0.3) is 5.69 Å². The zero-order valence-electron chi connectivity index (χ0n) is 12.5. The van der Waals surface area contributed by atoms with Crippen molar-refractivity contribution in [2.75, 3.05) is 13.2 Å². The topological polar surface area (TPSA) is 110 Å².